The Morgan fingerprint density at radius 3 is 2.55 bits per heavy atom. The smallest absolute Gasteiger partial charge is 0.251 e. The molecule has 1 saturated carbocycles. The predicted molar refractivity (Wildman–Crippen MR) is 104 cm³/mol. The zero-order chi connectivity index (χ0) is 20.5. The van der Waals surface area contributed by atoms with Crippen molar-refractivity contribution < 1.29 is 23.5 Å². The highest BCUT2D eigenvalue weighted by atomic mass is 19.1. The Balaban J connectivity index is 1.57. The molecule has 0 bridgehead atoms. The van der Waals surface area contributed by atoms with Gasteiger partial charge in [0.2, 0.25) is 5.91 Å². The van der Waals surface area contributed by atoms with Gasteiger partial charge < -0.3 is 15.0 Å². The van der Waals surface area contributed by atoms with Crippen molar-refractivity contribution in [3.8, 4) is 0 Å². The summed E-state index contributed by atoms with van der Waals surface area (Å²) in [6.07, 6.45) is 1.33. The maximum Gasteiger partial charge on any atom is 0.251 e. The highest BCUT2D eigenvalue weighted by molar-refractivity contribution is 5.99. The summed E-state index contributed by atoms with van der Waals surface area (Å²) in [6.45, 7) is 1.85. The van der Waals surface area contributed by atoms with E-state index in [1.807, 2.05) is 6.07 Å². The van der Waals surface area contributed by atoms with Crippen LogP contribution in [0.4, 0.5) is 4.39 Å². The van der Waals surface area contributed by atoms with Gasteiger partial charge in [-0.25, -0.2) is 4.39 Å². The number of hydrogen-bond donors (Lipinski definition) is 1. The number of likely N-dealkylation sites (tertiary alicyclic amines) is 1. The van der Waals surface area contributed by atoms with Crippen LogP contribution in [0.3, 0.4) is 0 Å². The van der Waals surface area contributed by atoms with Gasteiger partial charge in [-0.2, -0.15) is 0 Å². The van der Waals surface area contributed by atoms with Gasteiger partial charge >= 0.3 is 0 Å². The maximum absolute atomic E-state index is 14.4. The molecule has 6 nitrogen and oxygen atoms in total. The Labute approximate surface area is 169 Å². The molecule has 3 aliphatic rings. The fraction of sp³-hybridized carbons (Fsp3) is 0.591. The Hall–Kier alpha value is -2.28. The highest BCUT2D eigenvalue weighted by Crippen LogP contribution is 2.34. The van der Waals surface area contributed by atoms with Crippen LogP contribution in [0, 0.1) is 11.8 Å². The van der Waals surface area contributed by atoms with Crippen molar-refractivity contribution in [2.24, 2.45) is 11.8 Å². The summed E-state index contributed by atoms with van der Waals surface area (Å²) in [5.74, 6) is -0.412. The normalized spacial score (nSPS) is 32.7. The van der Waals surface area contributed by atoms with E-state index in [1.165, 1.54) is 4.90 Å². The van der Waals surface area contributed by atoms with Gasteiger partial charge in [0.25, 0.3) is 5.91 Å². The third-order valence-corrected chi connectivity index (χ3v) is 6.53. The lowest BCUT2D eigenvalue weighted by atomic mass is 9.78. The molecule has 0 spiro atoms. The van der Waals surface area contributed by atoms with Gasteiger partial charge in [-0.15, -0.1) is 0 Å². The molecule has 7 heteroatoms. The molecule has 1 N–H and O–H groups in total. The molecule has 0 aromatic heterocycles. The lowest BCUT2D eigenvalue weighted by Gasteiger charge is -2.35. The number of nitrogens with zero attached hydrogens (tertiary/aromatic N) is 1. The lowest BCUT2D eigenvalue weighted by Crippen LogP contribution is -2.55. The number of fused-ring (bicyclic) bond motifs is 1. The van der Waals surface area contributed by atoms with Gasteiger partial charge in [0.15, 0.2) is 5.78 Å². The van der Waals surface area contributed by atoms with Gasteiger partial charge in [0.05, 0.1) is 6.54 Å². The summed E-state index contributed by atoms with van der Waals surface area (Å²) in [7, 11) is 0. The number of ether oxygens (including phenoxy) is 1. The van der Waals surface area contributed by atoms with E-state index >= 15 is 0 Å². The molecular formula is C22H27FN2O4. The number of alkyl halides is 1. The Kier molecular flexibility index (Phi) is 5.67. The summed E-state index contributed by atoms with van der Waals surface area (Å²) in [5.41, 5.74) is 0.470. The summed E-state index contributed by atoms with van der Waals surface area (Å²) in [5, 5.41) is 2.90. The van der Waals surface area contributed by atoms with Crippen molar-refractivity contribution >= 4 is 17.6 Å². The number of carbonyl (C=O) groups is 3. The molecule has 1 aromatic rings. The number of benzene rings is 1. The quantitative estimate of drug-likeness (QED) is 0.837. The number of halogens is 1. The molecule has 156 valence electrons. The topological polar surface area (TPSA) is 75.7 Å². The van der Waals surface area contributed by atoms with Gasteiger partial charge in [0, 0.05) is 5.56 Å². The first kappa shape index (κ1) is 20.0. The number of Topliss-reactive ketones (excluding diaryl/α,β-unsaturated/α-hetero) is 1. The van der Waals surface area contributed by atoms with Crippen LogP contribution in [0.25, 0.3) is 0 Å². The largest absolute Gasteiger partial charge is 0.365 e. The highest BCUT2D eigenvalue weighted by Gasteiger charge is 2.54. The fourth-order valence-corrected chi connectivity index (χ4v) is 4.82. The van der Waals surface area contributed by atoms with Crippen LogP contribution in [0.5, 0.6) is 0 Å². The third kappa shape index (κ3) is 3.92. The van der Waals surface area contributed by atoms with Gasteiger partial charge in [-0.05, 0) is 36.8 Å². The summed E-state index contributed by atoms with van der Waals surface area (Å²) >= 11 is 0. The van der Waals surface area contributed by atoms with Crippen molar-refractivity contribution in [3.63, 3.8) is 0 Å². The number of nitrogens with one attached hydrogen (secondary N) is 1. The predicted octanol–water partition coefficient (Wildman–Crippen LogP) is 2.13. The van der Waals surface area contributed by atoms with Gasteiger partial charge in [-0.3, -0.25) is 14.4 Å². The lowest BCUT2D eigenvalue weighted by molar-refractivity contribution is -0.139. The fourth-order valence-electron chi connectivity index (χ4n) is 4.82. The van der Waals surface area contributed by atoms with Crippen LogP contribution in [0.1, 0.15) is 43.0 Å². The minimum absolute atomic E-state index is 0.0269. The molecule has 4 rings (SSSR count). The molecule has 0 radical (unpaired) electrons. The van der Waals surface area contributed by atoms with Gasteiger partial charge in [0.1, 0.15) is 31.0 Å². The van der Waals surface area contributed by atoms with E-state index in [2.05, 4.69) is 12.2 Å². The van der Waals surface area contributed by atoms with Crippen molar-refractivity contribution in [1.29, 1.82) is 0 Å². The van der Waals surface area contributed by atoms with Crippen LogP contribution in [0.2, 0.25) is 0 Å². The maximum atomic E-state index is 14.4. The van der Waals surface area contributed by atoms with Gasteiger partial charge in [-0.1, -0.05) is 38.0 Å². The van der Waals surface area contributed by atoms with E-state index in [9.17, 15) is 18.8 Å². The average molecular weight is 402 g/mol. The molecule has 1 aromatic carbocycles. The number of amides is 2. The summed E-state index contributed by atoms with van der Waals surface area (Å²) in [4.78, 5) is 39.8. The Morgan fingerprint density at radius 1 is 1.17 bits per heavy atom. The first-order valence-electron chi connectivity index (χ1n) is 10.4. The minimum Gasteiger partial charge on any atom is -0.365 e. The Bertz CT molecular complexity index is 778. The molecular weight excluding hydrogens is 375 g/mol. The molecule has 2 heterocycles. The monoisotopic (exact) mass is 402 g/mol. The minimum atomic E-state index is -1.38. The second-order valence-corrected chi connectivity index (χ2v) is 8.53. The van der Waals surface area contributed by atoms with E-state index in [-0.39, 0.29) is 36.7 Å². The van der Waals surface area contributed by atoms with Crippen molar-refractivity contribution in [3.05, 3.63) is 35.9 Å². The Morgan fingerprint density at radius 2 is 1.86 bits per heavy atom. The first-order valence-corrected chi connectivity index (χ1v) is 10.4. The van der Waals surface area contributed by atoms with Crippen molar-refractivity contribution in [1.82, 2.24) is 10.2 Å². The molecule has 1 aliphatic carbocycles. The molecule has 3 fully saturated rings. The zero-order valence-corrected chi connectivity index (χ0v) is 16.6. The van der Waals surface area contributed by atoms with Crippen LogP contribution in [-0.4, -0.2) is 60.0 Å². The summed E-state index contributed by atoms with van der Waals surface area (Å²) < 4.78 is 19.7. The number of hydrogen-bond acceptors (Lipinski definition) is 4. The number of carbonyl (C=O) groups excluding carboxylic acids is 3. The second kappa shape index (κ2) is 8.22. The zero-order valence-electron chi connectivity index (χ0n) is 16.6. The first-order chi connectivity index (χ1) is 14.0. The molecule has 1 unspecified atom stereocenters. The van der Waals surface area contributed by atoms with E-state index in [0.717, 1.165) is 25.7 Å². The van der Waals surface area contributed by atoms with Crippen molar-refractivity contribution in [2.75, 3.05) is 13.2 Å². The van der Waals surface area contributed by atoms with E-state index in [4.69, 9.17) is 4.74 Å². The summed E-state index contributed by atoms with van der Waals surface area (Å²) in [6, 6.07) is 7.09. The van der Waals surface area contributed by atoms with E-state index in [1.54, 1.807) is 24.3 Å². The number of ketones is 1. The van der Waals surface area contributed by atoms with Crippen LogP contribution < -0.4 is 5.32 Å². The molecule has 29 heavy (non-hydrogen) atoms. The van der Waals surface area contributed by atoms with Crippen LogP contribution in [0.15, 0.2) is 30.3 Å². The standard InChI is InChI=1S/C22H27FN2O4/c1-13-7-9-14(10-8-13)18(24-21(27)15-5-3-2-4-6-15)22(28)25-11-16(23)20-19(25)17(26)12-29-20/h2-6,13-14,16,18-20H,7-12H2,1H3,(H,24,27)/t13-,14-,16-,18?,19-,20-/m1/s1. The molecule has 2 aliphatic heterocycles. The molecule has 4 atom stereocenters. The van der Waals surface area contributed by atoms with Crippen molar-refractivity contribution in [2.45, 2.75) is 57.0 Å². The van der Waals surface area contributed by atoms with Crippen LogP contribution >= 0.6 is 0 Å². The molecule has 2 amide bonds. The third-order valence-electron chi connectivity index (χ3n) is 6.53. The van der Waals surface area contributed by atoms with E-state index < -0.39 is 24.4 Å². The van der Waals surface area contributed by atoms with E-state index in [0.29, 0.717) is 11.5 Å². The molecule has 2 saturated heterocycles. The number of rotatable bonds is 4. The SMILES string of the molecule is C[C@H]1CC[C@H](C(NC(=O)c2ccccc2)C(=O)N2C[C@@H](F)[C@H]3OCC(=O)[C@H]32)CC1. The average Bonchev–Trinajstić information content (AvgIpc) is 3.28. The second-order valence-electron chi connectivity index (χ2n) is 8.53. The van der Waals surface area contributed by atoms with Crippen LogP contribution in [-0.2, 0) is 14.3 Å².